The lowest BCUT2D eigenvalue weighted by Crippen LogP contribution is -2.12. The first-order valence-electron chi connectivity index (χ1n) is 2.58. The molecule has 1 amide bonds. The minimum Gasteiger partial charge on any atom is -0.472 e. The zero-order chi connectivity index (χ0) is 6.69. The first-order chi connectivity index (χ1) is 4.29. The van der Waals surface area contributed by atoms with Gasteiger partial charge in [-0.05, 0) is 11.6 Å². The number of nitrogens with two attached hydrogens (primary N) is 1. The fraction of sp³-hybridized carbons (Fsp3) is 0.167. The van der Waals surface area contributed by atoms with Gasteiger partial charge in [0.1, 0.15) is 0 Å². The third-order valence-corrected chi connectivity index (χ3v) is 0.958. The summed E-state index contributed by atoms with van der Waals surface area (Å²) in [5, 5.41) is 0. The standard InChI is InChI=1S/C6H7NO2/c7-6(8)3-5-1-2-9-4-5/h1-2,4H,3H2,(H2,7,8). The minimum atomic E-state index is -0.337. The number of hydrogen-bond donors (Lipinski definition) is 1. The molecule has 0 aliphatic heterocycles. The summed E-state index contributed by atoms with van der Waals surface area (Å²) >= 11 is 0. The van der Waals surface area contributed by atoms with Gasteiger partial charge in [-0.15, -0.1) is 0 Å². The fourth-order valence-electron chi connectivity index (χ4n) is 0.594. The van der Waals surface area contributed by atoms with Crippen molar-refractivity contribution in [3.8, 4) is 0 Å². The quantitative estimate of drug-likeness (QED) is 0.618. The van der Waals surface area contributed by atoms with Crippen LogP contribution in [0.3, 0.4) is 0 Å². The molecule has 0 unspecified atom stereocenters. The van der Waals surface area contributed by atoms with E-state index in [9.17, 15) is 4.79 Å². The summed E-state index contributed by atoms with van der Waals surface area (Å²) in [5.74, 6) is -0.337. The highest BCUT2D eigenvalue weighted by atomic mass is 16.3. The molecule has 2 N–H and O–H groups in total. The van der Waals surface area contributed by atoms with E-state index in [-0.39, 0.29) is 12.3 Å². The lowest BCUT2D eigenvalue weighted by Gasteiger charge is -1.85. The molecule has 1 aromatic heterocycles. The van der Waals surface area contributed by atoms with Crippen molar-refractivity contribution in [2.75, 3.05) is 0 Å². The summed E-state index contributed by atoms with van der Waals surface area (Å²) < 4.78 is 4.71. The van der Waals surface area contributed by atoms with Gasteiger partial charge in [-0.2, -0.15) is 0 Å². The normalized spacial score (nSPS) is 9.33. The summed E-state index contributed by atoms with van der Waals surface area (Å²) in [6.07, 6.45) is 3.28. The van der Waals surface area contributed by atoms with Crippen LogP contribution in [0.2, 0.25) is 0 Å². The number of carbonyl (C=O) groups excluding carboxylic acids is 1. The van der Waals surface area contributed by atoms with Gasteiger partial charge in [0, 0.05) is 0 Å². The molecule has 0 radical (unpaired) electrons. The SMILES string of the molecule is NC(=O)Cc1ccoc1. The maximum Gasteiger partial charge on any atom is 0.221 e. The van der Waals surface area contributed by atoms with E-state index in [1.54, 1.807) is 6.07 Å². The highest BCUT2D eigenvalue weighted by Crippen LogP contribution is 1.98. The number of rotatable bonds is 2. The van der Waals surface area contributed by atoms with E-state index in [0.29, 0.717) is 0 Å². The van der Waals surface area contributed by atoms with Gasteiger partial charge >= 0.3 is 0 Å². The second-order valence-corrected chi connectivity index (χ2v) is 1.77. The zero-order valence-corrected chi connectivity index (χ0v) is 4.83. The molecule has 3 heteroatoms. The Bertz CT molecular complexity index is 191. The molecule has 0 bridgehead atoms. The van der Waals surface area contributed by atoms with E-state index < -0.39 is 0 Å². The van der Waals surface area contributed by atoms with Crippen molar-refractivity contribution in [2.45, 2.75) is 6.42 Å². The molecule has 1 heterocycles. The van der Waals surface area contributed by atoms with E-state index in [1.165, 1.54) is 12.5 Å². The summed E-state index contributed by atoms with van der Waals surface area (Å²) in [4.78, 5) is 10.2. The second-order valence-electron chi connectivity index (χ2n) is 1.77. The Morgan fingerprint density at radius 3 is 3.00 bits per heavy atom. The lowest BCUT2D eigenvalue weighted by molar-refractivity contribution is -0.117. The molecule has 9 heavy (non-hydrogen) atoms. The van der Waals surface area contributed by atoms with Crippen molar-refractivity contribution in [2.24, 2.45) is 5.73 Å². The van der Waals surface area contributed by atoms with Gasteiger partial charge in [0.2, 0.25) is 5.91 Å². The van der Waals surface area contributed by atoms with Crippen LogP contribution in [0, 0.1) is 0 Å². The van der Waals surface area contributed by atoms with E-state index in [4.69, 9.17) is 10.2 Å². The molecule has 0 atom stereocenters. The van der Waals surface area contributed by atoms with Gasteiger partial charge in [-0.1, -0.05) is 0 Å². The van der Waals surface area contributed by atoms with Crippen LogP contribution in [0.4, 0.5) is 0 Å². The van der Waals surface area contributed by atoms with Crippen LogP contribution in [0.1, 0.15) is 5.56 Å². The van der Waals surface area contributed by atoms with Gasteiger partial charge in [0.15, 0.2) is 0 Å². The van der Waals surface area contributed by atoms with Gasteiger partial charge in [-0.25, -0.2) is 0 Å². The summed E-state index contributed by atoms with van der Waals surface area (Å²) in [5.41, 5.74) is 5.72. The van der Waals surface area contributed by atoms with Crippen molar-refractivity contribution in [1.29, 1.82) is 0 Å². The van der Waals surface area contributed by atoms with E-state index in [0.717, 1.165) is 5.56 Å². The van der Waals surface area contributed by atoms with Crippen molar-refractivity contribution < 1.29 is 9.21 Å². The Hall–Kier alpha value is -1.25. The molecule has 1 rings (SSSR count). The number of carbonyl (C=O) groups is 1. The molecule has 3 nitrogen and oxygen atoms in total. The van der Waals surface area contributed by atoms with Crippen molar-refractivity contribution >= 4 is 5.91 Å². The highest BCUT2D eigenvalue weighted by Gasteiger charge is 1.96. The highest BCUT2D eigenvalue weighted by molar-refractivity contribution is 5.76. The first kappa shape index (κ1) is 5.88. The van der Waals surface area contributed by atoms with E-state index in [1.807, 2.05) is 0 Å². The molecule has 0 aliphatic rings. The molecular formula is C6H7NO2. The molecule has 1 aromatic rings. The molecule has 0 spiro atoms. The Labute approximate surface area is 52.5 Å². The van der Waals surface area contributed by atoms with E-state index in [2.05, 4.69) is 0 Å². The number of amides is 1. The number of hydrogen-bond acceptors (Lipinski definition) is 2. The van der Waals surface area contributed by atoms with Crippen LogP contribution >= 0.6 is 0 Å². The van der Waals surface area contributed by atoms with Crippen LogP contribution < -0.4 is 5.73 Å². The molecule has 0 fully saturated rings. The van der Waals surface area contributed by atoms with Crippen LogP contribution in [-0.4, -0.2) is 5.91 Å². The van der Waals surface area contributed by atoms with Crippen LogP contribution in [0.25, 0.3) is 0 Å². The summed E-state index contributed by atoms with van der Waals surface area (Å²) in [7, 11) is 0. The largest absolute Gasteiger partial charge is 0.472 e. The minimum absolute atomic E-state index is 0.260. The Kier molecular flexibility index (Phi) is 1.53. The average molecular weight is 125 g/mol. The van der Waals surface area contributed by atoms with Gasteiger partial charge in [0.25, 0.3) is 0 Å². The third kappa shape index (κ3) is 1.60. The smallest absolute Gasteiger partial charge is 0.221 e. The van der Waals surface area contributed by atoms with Gasteiger partial charge in [-0.3, -0.25) is 4.79 Å². The fourth-order valence-corrected chi connectivity index (χ4v) is 0.594. The van der Waals surface area contributed by atoms with Crippen LogP contribution in [0.5, 0.6) is 0 Å². The Morgan fingerprint density at radius 2 is 2.56 bits per heavy atom. The summed E-state index contributed by atoms with van der Waals surface area (Å²) in [6, 6.07) is 1.71. The maximum absolute atomic E-state index is 10.2. The lowest BCUT2D eigenvalue weighted by atomic mass is 10.2. The van der Waals surface area contributed by atoms with Crippen LogP contribution in [0.15, 0.2) is 23.0 Å². The number of primary amides is 1. The van der Waals surface area contributed by atoms with Crippen molar-refractivity contribution in [3.63, 3.8) is 0 Å². The molecule has 48 valence electrons. The molecule has 0 aromatic carbocycles. The molecule has 0 saturated carbocycles. The zero-order valence-electron chi connectivity index (χ0n) is 4.83. The molecule has 0 aliphatic carbocycles. The number of furan rings is 1. The predicted octanol–water partition coefficient (Wildman–Crippen LogP) is 0.307. The van der Waals surface area contributed by atoms with E-state index >= 15 is 0 Å². The first-order valence-corrected chi connectivity index (χ1v) is 2.58. The average Bonchev–Trinajstić information content (AvgIpc) is 2.15. The predicted molar refractivity (Wildman–Crippen MR) is 31.6 cm³/mol. The van der Waals surface area contributed by atoms with Gasteiger partial charge in [0.05, 0.1) is 18.9 Å². The summed E-state index contributed by atoms with van der Waals surface area (Å²) in [6.45, 7) is 0. The maximum atomic E-state index is 10.2. The second kappa shape index (κ2) is 2.35. The molecule has 0 saturated heterocycles. The van der Waals surface area contributed by atoms with Crippen molar-refractivity contribution in [1.82, 2.24) is 0 Å². The molecular weight excluding hydrogens is 118 g/mol. The van der Waals surface area contributed by atoms with Crippen molar-refractivity contribution in [3.05, 3.63) is 24.2 Å². The van der Waals surface area contributed by atoms with Gasteiger partial charge < -0.3 is 10.2 Å². The third-order valence-electron chi connectivity index (χ3n) is 0.958. The topological polar surface area (TPSA) is 56.2 Å². The van der Waals surface area contributed by atoms with Crippen LogP contribution in [-0.2, 0) is 11.2 Å². The monoisotopic (exact) mass is 125 g/mol. The Morgan fingerprint density at radius 1 is 1.78 bits per heavy atom. The Balaban J connectivity index is 2.58.